The first kappa shape index (κ1) is 22.2. The Morgan fingerprint density at radius 3 is 2.50 bits per heavy atom. The summed E-state index contributed by atoms with van der Waals surface area (Å²) in [4.78, 5) is 23.6. The molecule has 0 radical (unpaired) electrons. The van der Waals surface area contributed by atoms with Crippen molar-refractivity contribution in [3.8, 4) is 0 Å². The molecular weight excluding hydrogens is 424 g/mol. The molecule has 0 saturated heterocycles. The van der Waals surface area contributed by atoms with Gasteiger partial charge in [-0.2, -0.15) is 0 Å². The number of alkyl halides is 1. The zero-order chi connectivity index (χ0) is 23.3. The first-order chi connectivity index (χ1) is 14.8. The van der Waals surface area contributed by atoms with E-state index in [0.717, 1.165) is 30.4 Å². The van der Waals surface area contributed by atoms with E-state index >= 15 is 0 Å². The van der Waals surface area contributed by atoms with Gasteiger partial charge in [-0.1, -0.05) is 39.8 Å². The molecule has 0 bridgehead atoms. The third-order valence-corrected chi connectivity index (χ3v) is 10.2. The Kier molecular flexibility index (Phi) is 4.48. The minimum Gasteiger partial charge on any atom is -0.431 e. The molecule has 2 saturated carbocycles. The number of carbonyl (C=O) groups is 1. The molecule has 1 aromatic heterocycles. The van der Waals surface area contributed by atoms with Gasteiger partial charge in [0.1, 0.15) is 0 Å². The van der Waals surface area contributed by atoms with E-state index in [1.54, 1.807) is 12.1 Å². The number of ketones is 1. The average molecular weight is 457 g/mol. The van der Waals surface area contributed by atoms with Gasteiger partial charge in [0.2, 0.25) is 0 Å². The van der Waals surface area contributed by atoms with Crippen molar-refractivity contribution in [1.29, 1.82) is 0 Å². The number of halogens is 1. The lowest BCUT2D eigenvalue weighted by atomic mass is 9.44. The minimum atomic E-state index is -1.05. The van der Waals surface area contributed by atoms with Gasteiger partial charge < -0.3 is 9.52 Å². The average Bonchev–Trinajstić information content (AvgIpc) is 2.87. The Morgan fingerprint density at radius 2 is 1.84 bits per heavy atom. The fourth-order valence-electron chi connectivity index (χ4n) is 8.27. The largest absolute Gasteiger partial charge is 0.431 e. The number of rotatable bonds is 1. The molecule has 0 amide bonds. The summed E-state index contributed by atoms with van der Waals surface area (Å²) >= 11 is 7.16. The van der Waals surface area contributed by atoms with E-state index in [-0.39, 0.29) is 34.6 Å². The van der Waals surface area contributed by atoms with Crippen LogP contribution < -0.4 is 5.63 Å². The molecule has 0 aliphatic heterocycles. The summed E-state index contributed by atoms with van der Waals surface area (Å²) < 4.78 is 5.20. The summed E-state index contributed by atoms with van der Waals surface area (Å²) in [5, 5.41) is 12.4. The number of allylic oxidation sites excluding steroid dienone is 3. The lowest BCUT2D eigenvalue weighted by molar-refractivity contribution is -0.132. The number of hydrogen-bond donors (Lipinski definition) is 1. The third-order valence-electron chi connectivity index (χ3n) is 9.82. The molecule has 5 rings (SSSR count). The molecule has 32 heavy (non-hydrogen) atoms. The zero-order valence-electron chi connectivity index (χ0n) is 19.6. The lowest BCUT2D eigenvalue weighted by Gasteiger charge is -2.60. The topological polar surface area (TPSA) is 67.5 Å². The van der Waals surface area contributed by atoms with Crippen LogP contribution in [0, 0.1) is 28.1 Å². The van der Waals surface area contributed by atoms with Gasteiger partial charge in [-0.25, -0.2) is 4.79 Å². The smallest absolute Gasteiger partial charge is 0.335 e. The van der Waals surface area contributed by atoms with Gasteiger partial charge in [-0.15, -0.1) is 11.6 Å². The summed E-state index contributed by atoms with van der Waals surface area (Å²) in [5.41, 5.74) is -0.578. The van der Waals surface area contributed by atoms with Crippen molar-refractivity contribution in [1.82, 2.24) is 0 Å². The maximum Gasteiger partial charge on any atom is 0.335 e. The molecule has 2 fully saturated rings. The third kappa shape index (κ3) is 2.60. The quantitative estimate of drug-likeness (QED) is 0.454. The van der Waals surface area contributed by atoms with E-state index in [4.69, 9.17) is 16.0 Å². The van der Waals surface area contributed by atoms with Crippen LogP contribution in [0.5, 0.6) is 0 Å². The van der Waals surface area contributed by atoms with Crippen molar-refractivity contribution in [3.05, 3.63) is 58.2 Å². The fourth-order valence-corrected chi connectivity index (χ4v) is 8.83. The van der Waals surface area contributed by atoms with Crippen LogP contribution in [0.4, 0.5) is 0 Å². The molecule has 4 nitrogen and oxygen atoms in total. The van der Waals surface area contributed by atoms with Gasteiger partial charge >= 0.3 is 5.63 Å². The highest BCUT2D eigenvalue weighted by atomic mass is 35.5. The van der Waals surface area contributed by atoms with E-state index in [1.807, 2.05) is 6.92 Å². The van der Waals surface area contributed by atoms with Gasteiger partial charge in [0.15, 0.2) is 5.78 Å². The molecule has 1 heterocycles. The van der Waals surface area contributed by atoms with E-state index in [0.29, 0.717) is 6.42 Å². The molecule has 4 aliphatic rings. The van der Waals surface area contributed by atoms with Crippen LogP contribution in [0.3, 0.4) is 0 Å². The van der Waals surface area contributed by atoms with Crippen molar-refractivity contribution >= 4 is 17.4 Å². The Hall–Kier alpha value is -1.65. The normalized spacial score (nSPS) is 46.8. The predicted octanol–water partition coefficient (Wildman–Crippen LogP) is 5.39. The fraction of sp³-hybridized carbons (Fsp3) is 0.630. The second-order valence-electron chi connectivity index (χ2n) is 11.9. The molecule has 7 atom stereocenters. The summed E-state index contributed by atoms with van der Waals surface area (Å²) in [6.45, 7) is 10.5. The van der Waals surface area contributed by atoms with E-state index < -0.39 is 21.3 Å². The van der Waals surface area contributed by atoms with Gasteiger partial charge in [0, 0.05) is 29.2 Å². The highest BCUT2D eigenvalue weighted by molar-refractivity contribution is 6.24. The number of hydrogen-bond acceptors (Lipinski definition) is 4. The van der Waals surface area contributed by atoms with Gasteiger partial charge in [-0.05, 0) is 66.7 Å². The van der Waals surface area contributed by atoms with Crippen molar-refractivity contribution in [2.24, 2.45) is 28.1 Å². The first-order valence-corrected chi connectivity index (χ1v) is 12.1. The molecule has 4 aliphatic carbocycles. The van der Waals surface area contributed by atoms with E-state index in [2.05, 4.69) is 39.8 Å². The monoisotopic (exact) mass is 456 g/mol. The summed E-state index contributed by atoms with van der Waals surface area (Å²) in [7, 11) is 0. The van der Waals surface area contributed by atoms with E-state index in [1.165, 1.54) is 12.3 Å². The molecule has 1 aromatic rings. The molecule has 5 heteroatoms. The summed E-state index contributed by atoms with van der Waals surface area (Å²) in [6.07, 6.45) is 10.6. The second kappa shape index (κ2) is 6.48. The Bertz CT molecular complexity index is 1090. The van der Waals surface area contributed by atoms with Crippen LogP contribution in [0.15, 0.2) is 51.4 Å². The lowest BCUT2D eigenvalue weighted by Crippen LogP contribution is -2.58. The van der Waals surface area contributed by atoms with Gasteiger partial charge in [0.05, 0.1) is 16.7 Å². The van der Waals surface area contributed by atoms with Gasteiger partial charge in [0.25, 0.3) is 0 Å². The molecule has 172 valence electrons. The zero-order valence-corrected chi connectivity index (χ0v) is 20.3. The summed E-state index contributed by atoms with van der Waals surface area (Å²) in [6, 6.07) is 3.23. The maximum absolute atomic E-state index is 12.7. The summed E-state index contributed by atoms with van der Waals surface area (Å²) in [5.74, 6) is 0.411. The predicted molar refractivity (Wildman–Crippen MR) is 125 cm³/mol. The van der Waals surface area contributed by atoms with Crippen molar-refractivity contribution in [3.63, 3.8) is 0 Å². The molecular formula is C27H33ClO4. The first-order valence-electron chi connectivity index (χ1n) is 11.7. The standard InChI is InChI=1S/C27H33ClO4/c1-23(2)19-8-7-18-17(24(19,3)12-11-20(23)29)10-13-25(4)22(16-6-9-21(30)32-14-16)26(5,28)15-27(18,25)31/h6-7,9,11-12,14,17,19,22,31H,8,10,13,15H2,1-5H3/t17-,19-,22+,24+,25+,26?,27-/m0/s1. The highest BCUT2D eigenvalue weighted by Crippen LogP contribution is 2.72. The van der Waals surface area contributed by atoms with Crippen molar-refractivity contribution < 1.29 is 14.3 Å². The van der Waals surface area contributed by atoms with Crippen LogP contribution in [0.2, 0.25) is 0 Å². The Morgan fingerprint density at radius 1 is 1.12 bits per heavy atom. The van der Waals surface area contributed by atoms with Crippen molar-refractivity contribution in [2.75, 3.05) is 0 Å². The van der Waals surface area contributed by atoms with Crippen LogP contribution in [0.25, 0.3) is 0 Å². The second-order valence-corrected chi connectivity index (χ2v) is 12.7. The highest BCUT2D eigenvalue weighted by Gasteiger charge is 2.71. The van der Waals surface area contributed by atoms with E-state index in [9.17, 15) is 14.7 Å². The number of fused-ring (bicyclic) bond motifs is 5. The SMILES string of the molecule is CC1(Cl)C[C@]2(O)C3=CC[C@H]4C(C)(C)C(=O)C=C[C@]4(C)[C@H]3CC[C@]2(C)[C@H]1c1ccc(=O)oc1. The number of aliphatic hydroxyl groups is 1. The van der Waals surface area contributed by atoms with Crippen LogP contribution in [0.1, 0.15) is 71.8 Å². The Balaban J connectivity index is 1.63. The van der Waals surface area contributed by atoms with Gasteiger partial charge in [-0.3, -0.25) is 4.79 Å². The molecule has 1 unspecified atom stereocenters. The molecule has 0 aromatic carbocycles. The van der Waals surface area contributed by atoms with Crippen LogP contribution in [-0.2, 0) is 4.79 Å². The maximum atomic E-state index is 12.7. The minimum absolute atomic E-state index is 0.154. The number of carbonyl (C=O) groups excluding carboxylic acids is 1. The van der Waals surface area contributed by atoms with Crippen LogP contribution >= 0.6 is 11.6 Å². The Labute approximate surface area is 194 Å². The molecule has 0 spiro atoms. The van der Waals surface area contributed by atoms with Crippen LogP contribution in [-0.4, -0.2) is 21.4 Å². The van der Waals surface area contributed by atoms with Crippen molar-refractivity contribution in [2.45, 2.75) is 76.7 Å². The molecule has 1 N–H and O–H groups in total.